The second kappa shape index (κ2) is 15.9. The molecule has 5 rings (SSSR count). The molecule has 0 radical (unpaired) electrons. The third-order valence-electron chi connectivity index (χ3n) is 7.66. The molecule has 0 spiro atoms. The summed E-state index contributed by atoms with van der Waals surface area (Å²) in [6, 6.07) is 40.0. The number of ether oxygens (including phenoxy) is 5. The lowest BCUT2D eigenvalue weighted by atomic mass is 9.90. The number of benzene rings is 4. The van der Waals surface area contributed by atoms with Crippen molar-refractivity contribution in [2.24, 2.45) is 5.92 Å². The number of hydrogen-bond donors (Lipinski definition) is 1. The van der Waals surface area contributed by atoms with Crippen LogP contribution in [0.3, 0.4) is 0 Å². The lowest BCUT2D eigenvalue weighted by Crippen LogP contribution is -2.64. The Bertz CT molecular complexity index is 1320. The van der Waals surface area contributed by atoms with Crippen LogP contribution in [-0.4, -0.2) is 41.9 Å². The second-order valence-electron chi connectivity index (χ2n) is 11.3. The summed E-state index contributed by atoms with van der Waals surface area (Å²) < 4.78 is 32.9. The highest BCUT2D eigenvalue weighted by atomic mass is 16.7. The summed E-state index contributed by atoms with van der Waals surface area (Å²) in [4.78, 5) is 0. The molecule has 4 aromatic carbocycles. The highest BCUT2D eigenvalue weighted by molar-refractivity contribution is 5.16. The zero-order valence-electron chi connectivity index (χ0n) is 24.9. The molecule has 6 atom stereocenters. The summed E-state index contributed by atoms with van der Waals surface area (Å²) in [5, 5.41) is 11.5. The van der Waals surface area contributed by atoms with Crippen molar-refractivity contribution in [3.8, 4) is 0 Å². The molecule has 0 saturated carbocycles. The third-order valence-corrected chi connectivity index (χ3v) is 7.66. The molecule has 0 bridgehead atoms. The highest BCUT2D eigenvalue weighted by Gasteiger charge is 2.51. The molecule has 226 valence electrons. The van der Waals surface area contributed by atoms with Gasteiger partial charge in [-0.15, -0.1) is 0 Å². The van der Waals surface area contributed by atoms with E-state index in [1.54, 1.807) is 0 Å². The summed E-state index contributed by atoms with van der Waals surface area (Å²) in [6.07, 6.45) is -4.19. The fourth-order valence-electron chi connectivity index (χ4n) is 5.23. The van der Waals surface area contributed by atoms with Crippen molar-refractivity contribution in [2.45, 2.75) is 77.1 Å². The molecular formula is C37H42O6. The summed E-state index contributed by atoms with van der Waals surface area (Å²) in [5.74, 6) is -0.0841. The van der Waals surface area contributed by atoms with Crippen LogP contribution in [0.4, 0.5) is 0 Å². The van der Waals surface area contributed by atoms with Gasteiger partial charge in [-0.25, -0.2) is 0 Å². The minimum absolute atomic E-state index is 0.0841. The summed E-state index contributed by atoms with van der Waals surface area (Å²) in [7, 11) is 0. The molecule has 4 aromatic rings. The lowest BCUT2D eigenvalue weighted by molar-refractivity contribution is -0.338. The fraction of sp³-hybridized carbons (Fsp3) is 0.351. The van der Waals surface area contributed by atoms with E-state index < -0.39 is 36.8 Å². The van der Waals surface area contributed by atoms with E-state index in [4.69, 9.17) is 23.7 Å². The van der Waals surface area contributed by atoms with Gasteiger partial charge in [0.15, 0.2) is 6.29 Å². The van der Waals surface area contributed by atoms with Crippen molar-refractivity contribution in [3.63, 3.8) is 0 Å². The van der Waals surface area contributed by atoms with Gasteiger partial charge in [-0.2, -0.15) is 0 Å². The van der Waals surface area contributed by atoms with Gasteiger partial charge in [-0.05, 0) is 28.2 Å². The molecule has 0 amide bonds. The van der Waals surface area contributed by atoms with Crippen LogP contribution in [0.25, 0.3) is 0 Å². The van der Waals surface area contributed by atoms with Crippen LogP contribution in [0.2, 0.25) is 0 Å². The minimum Gasteiger partial charge on any atom is -0.390 e. The van der Waals surface area contributed by atoms with Crippen molar-refractivity contribution >= 4 is 0 Å². The molecular weight excluding hydrogens is 540 g/mol. The Morgan fingerprint density at radius 1 is 0.512 bits per heavy atom. The second-order valence-corrected chi connectivity index (χ2v) is 11.3. The van der Waals surface area contributed by atoms with E-state index in [9.17, 15) is 5.11 Å². The SMILES string of the molecule is CC(C)C(O)[C@H]1O[C@H](OCc2ccccc2)[C@@H](OCc2ccccc2)[C@@H](OCc2ccccc2)[C@@H]1OCc1ccccc1. The Hall–Kier alpha value is -3.36. The van der Waals surface area contributed by atoms with Crippen molar-refractivity contribution in [1.82, 2.24) is 0 Å². The molecule has 1 aliphatic heterocycles. The molecule has 6 nitrogen and oxygen atoms in total. The van der Waals surface area contributed by atoms with Crippen LogP contribution in [-0.2, 0) is 50.1 Å². The Morgan fingerprint density at radius 2 is 0.860 bits per heavy atom. The average Bonchev–Trinajstić information content (AvgIpc) is 3.06. The molecule has 1 N–H and O–H groups in total. The van der Waals surface area contributed by atoms with Crippen LogP contribution >= 0.6 is 0 Å². The Labute approximate surface area is 255 Å². The van der Waals surface area contributed by atoms with Gasteiger partial charge >= 0.3 is 0 Å². The van der Waals surface area contributed by atoms with E-state index in [2.05, 4.69) is 0 Å². The number of hydrogen-bond acceptors (Lipinski definition) is 6. The lowest BCUT2D eigenvalue weighted by Gasteiger charge is -2.47. The molecule has 1 saturated heterocycles. The first kappa shape index (κ1) is 31.1. The monoisotopic (exact) mass is 582 g/mol. The first-order valence-electron chi connectivity index (χ1n) is 15.0. The number of rotatable bonds is 14. The standard InChI is InChI=1S/C37H42O6/c1-27(2)32(38)33-34(39-23-28-15-7-3-8-16-28)35(40-24-29-17-9-4-10-18-29)36(41-25-30-19-11-5-12-20-30)37(43-33)42-26-31-21-13-6-14-22-31/h3-22,27,32-38H,23-26H2,1-2H3/t32?,33-,34-,35+,36+,37+/m1/s1. The van der Waals surface area contributed by atoms with Crippen molar-refractivity contribution < 1.29 is 28.8 Å². The normalized spacial score (nSPS) is 22.8. The first-order valence-corrected chi connectivity index (χ1v) is 15.0. The molecule has 1 unspecified atom stereocenters. The largest absolute Gasteiger partial charge is 0.390 e. The maximum Gasteiger partial charge on any atom is 0.187 e. The van der Waals surface area contributed by atoms with Crippen LogP contribution < -0.4 is 0 Å². The molecule has 0 aromatic heterocycles. The molecule has 1 aliphatic rings. The van der Waals surface area contributed by atoms with Gasteiger partial charge in [-0.1, -0.05) is 135 Å². The maximum atomic E-state index is 11.5. The minimum atomic E-state index is -0.818. The Kier molecular flexibility index (Phi) is 11.5. The zero-order chi connectivity index (χ0) is 29.9. The summed E-state index contributed by atoms with van der Waals surface area (Å²) in [5.41, 5.74) is 4.09. The Morgan fingerprint density at radius 3 is 1.26 bits per heavy atom. The fourth-order valence-corrected chi connectivity index (χ4v) is 5.23. The smallest absolute Gasteiger partial charge is 0.187 e. The molecule has 1 fully saturated rings. The third kappa shape index (κ3) is 8.83. The molecule has 43 heavy (non-hydrogen) atoms. The molecule has 0 aliphatic carbocycles. The van der Waals surface area contributed by atoms with Crippen LogP contribution in [0.15, 0.2) is 121 Å². The van der Waals surface area contributed by atoms with Crippen molar-refractivity contribution in [1.29, 1.82) is 0 Å². The van der Waals surface area contributed by atoms with Gasteiger partial charge in [-0.3, -0.25) is 0 Å². The van der Waals surface area contributed by atoms with E-state index in [-0.39, 0.29) is 5.92 Å². The van der Waals surface area contributed by atoms with Gasteiger partial charge < -0.3 is 28.8 Å². The van der Waals surface area contributed by atoms with Gasteiger partial charge in [0.1, 0.15) is 24.4 Å². The summed E-state index contributed by atoms with van der Waals surface area (Å²) >= 11 is 0. The van der Waals surface area contributed by atoms with E-state index >= 15 is 0 Å². The quantitative estimate of drug-likeness (QED) is 0.179. The van der Waals surface area contributed by atoms with Crippen LogP contribution in [0.5, 0.6) is 0 Å². The van der Waals surface area contributed by atoms with Crippen LogP contribution in [0.1, 0.15) is 36.1 Å². The van der Waals surface area contributed by atoms with Gasteiger partial charge in [0, 0.05) is 0 Å². The summed E-state index contributed by atoms with van der Waals surface area (Å²) in [6.45, 7) is 5.29. The highest BCUT2D eigenvalue weighted by Crippen LogP contribution is 2.34. The van der Waals surface area contributed by atoms with E-state index in [1.165, 1.54) is 0 Å². The van der Waals surface area contributed by atoms with E-state index in [1.807, 2.05) is 135 Å². The van der Waals surface area contributed by atoms with Crippen LogP contribution in [0, 0.1) is 5.92 Å². The maximum absolute atomic E-state index is 11.5. The van der Waals surface area contributed by atoms with E-state index in [0.29, 0.717) is 26.4 Å². The van der Waals surface area contributed by atoms with Gasteiger partial charge in [0.05, 0.1) is 32.5 Å². The average molecular weight is 583 g/mol. The van der Waals surface area contributed by atoms with Gasteiger partial charge in [0.25, 0.3) is 0 Å². The number of aliphatic hydroxyl groups is 1. The zero-order valence-corrected chi connectivity index (χ0v) is 24.9. The van der Waals surface area contributed by atoms with E-state index in [0.717, 1.165) is 22.3 Å². The topological polar surface area (TPSA) is 66.4 Å². The predicted octanol–water partition coefficient (Wildman–Crippen LogP) is 6.70. The van der Waals surface area contributed by atoms with Gasteiger partial charge in [0.2, 0.25) is 0 Å². The Balaban J connectivity index is 1.47. The van der Waals surface area contributed by atoms with Crippen molar-refractivity contribution in [2.75, 3.05) is 0 Å². The van der Waals surface area contributed by atoms with Crippen molar-refractivity contribution in [3.05, 3.63) is 144 Å². The molecule has 1 heterocycles. The predicted molar refractivity (Wildman–Crippen MR) is 166 cm³/mol. The molecule has 6 heteroatoms. The first-order chi connectivity index (χ1) is 21.1. The number of aliphatic hydroxyl groups excluding tert-OH is 1.